The molecular weight excluding hydrogens is 297 g/mol. The van der Waals surface area contributed by atoms with Crippen LogP contribution in [0.1, 0.15) is 24.8 Å². The van der Waals surface area contributed by atoms with Gasteiger partial charge in [-0.1, -0.05) is 17.5 Å². The maximum atomic E-state index is 8.68. The van der Waals surface area contributed by atoms with Crippen molar-refractivity contribution in [3.05, 3.63) is 28.8 Å². The van der Waals surface area contributed by atoms with Crippen LogP contribution in [0.5, 0.6) is 5.75 Å². The third-order valence-electron chi connectivity index (χ3n) is 2.66. The van der Waals surface area contributed by atoms with Gasteiger partial charge in [0.15, 0.2) is 0 Å². The second-order valence-electron chi connectivity index (χ2n) is 4.21. The largest absolute Gasteiger partial charge is 0.481 e. The van der Waals surface area contributed by atoms with Crippen molar-refractivity contribution in [3.8, 4) is 18.1 Å². The molecule has 0 aliphatic rings. The van der Waals surface area contributed by atoms with E-state index in [1.165, 1.54) is 0 Å². The lowest BCUT2D eigenvalue weighted by molar-refractivity contribution is 0.283. The highest BCUT2D eigenvalue weighted by Crippen LogP contribution is 2.22. The van der Waals surface area contributed by atoms with E-state index in [9.17, 15) is 0 Å². The number of hydrogen-bond acceptors (Lipinski definition) is 3. The Morgan fingerprint density at radius 3 is 2.80 bits per heavy atom. The van der Waals surface area contributed by atoms with Gasteiger partial charge in [0.2, 0.25) is 0 Å². The second-order valence-corrected chi connectivity index (χ2v) is 4.64. The molecule has 0 spiro atoms. The van der Waals surface area contributed by atoms with Gasteiger partial charge in [-0.3, -0.25) is 0 Å². The minimum Gasteiger partial charge on any atom is -0.481 e. The number of unbranched alkanes of at least 4 members (excludes halogenated alkanes) is 2. The number of terminal acetylenes is 1. The maximum Gasteiger partial charge on any atom is 0.148 e. The summed E-state index contributed by atoms with van der Waals surface area (Å²) in [7, 11) is 0. The molecule has 20 heavy (non-hydrogen) atoms. The topological polar surface area (TPSA) is 41.5 Å². The molecule has 1 aromatic rings. The first-order valence-corrected chi connectivity index (χ1v) is 6.82. The van der Waals surface area contributed by atoms with Gasteiger partial charge in [0.25, 0.3) is 0 Å². The first kappa shape index (κ1) is 19.1. The highest BCUT2D eigenvalue weighted by molar-refractivity contribution is 6.30. The Kier molecular flexibility index (Phi) is 11.3. The number of hydrogen-bond donors (Lipinski definition) is 2. The molecule has 2 N–H and O–H groups in total. The average Bonchev–Trinajstić information content (AvgIpc) is 2.42. The zero-order valence-corrected chi connectivity index (χ0v) is 13.0. The van der Waals surface area contributed by atoms with E-state index in [-0.39, 0.29) is 25.6 Å². The standard InChI is InChI=1S/C15H20ClNO2.ClH/c1-2-10-19-15-7-6-14(16)11-13(15)12-17-8-4-3-5-9-18;/h1,6-7,11,17-18H,3-5,8-10,12H2;1H. The summed E-state index contributed by atoms with van der Waals surface area (Å²) in [6, 6.07) is 5.51. The summed E-state index contributed by atoms with van der Waals surface area (Å²) in [6.07, 6.45) is 8.11. The molecule has 0 radical (unpaired) electrons. The minimum absolute atomic E-state index is 0. The third-order valence-corrected chi connectivity index (χ3v) is 2.90. The summed E-state index contributed by atoms with van der Waals surface area (Å²) in [5, 5.41) is 12.7. The minimum atomic E-state index is 0. The third kappa shape index (κ3) is 7.62. The molecule has 0 unspecified atom stereocenters. The quantitative estimate of drug-likeness (QED) is 0.543. The Hall–Kier alpha value is -0.920. The molecule has 0 saturated heterocycles. The lowest BCUT2D eigenvalue weighted by Crippen LogP contribution is -2.15. The van der Waals surface area contributed by atoms with Gasteiger partial charge >= 0.3 is 0 Å². The molecule has 0 heterocycles. The number of aliphatic hydroxyl groups is 1. The zero-order valence-electron chi connectivity index (χ0n) is 11.4. The molecule has 0 aliphatic carbocycles. The number of benzene rings is 1. The van der Waals surface area contributed by atoms with Gasteiger partial charge in [-0.2, -0.15) is 0 Å². The van der Waals surface area contributed by atoms with Crippen molar-refractivity contribution < 1.29 is 9.84 Å². The fourth-order valence-electron chi connectivity index (χ4n) is 1.71. The van der Waals surface area contributed by atoms with Crippen molar-refractivity contribution in [2.45, 2.75) is 25.8 Å². The van der Waals surface area contributed by atoms with Crippen LogP contribution in [0.4, 0.5) is 0 Å². The van der Waals surface area contributed by atoms with Crippen LogP contribution in [0.3, 0.4) is 0 Å². The summed E-state index contributed by atoms with van der Waals surface area (Å²) in [6.45, 7) is 2.12. The Labute approximate surface area is 132 Å². The molecule has 112 valence electrons. The van der Waals surface area contributed by atoms with Crippen molar-refractivity contribution in [3.63, 3.8) is 0 Å². The van der Waals surface area contributed by atoms with Crippen LogP contribution in [0, 0.1) is 12.3 Å². The normalized spacial score (nSPS) is 9.65. The van der Waals surface area contributed by atoms with E-state index in [1.807, 2.05) is 12.1 Å². The van der Waals surface area contributed by atoms with E-state index >= 15 is 0 Å². The smallest absolute Gasteiger partial charge is 0.148 e. The average molecular weight is 318 g/mol. The van der Waals surface area contributed by atoms with Gasteiger partial charge in [-0.05, 0) is 44.0 Å². The first-order valence-electron chi connectivity index (χ1n) is 6.44. The number of rotatable bonds is 9. The van der Waals surface area contributed by atoms with Crippen LogP contribution in [-0.2, 0) is 6.54 Å². The highest BCUT2D eigenvalue weighted by atomic mass is 35.5. The fourth-order valence-corrected chi connectivity index (χ4v) is 1.90. The molecule has 5 heteroatoms. The summed E-state index contributed by atoms with van der Waals surface area (Å²) < 4.78 is 5.47. The second kappa shape index (κ2) is 11.9. The molecule has 3 nitrogen and oxygen atoms in total. The van der Waals surface area contributed by atoms with E-state index in [4.69, 9.17) is 27.9 Å². The molecule has 0 bridgehead atoms. The van der Waals surface area contributed by atoms with Crippen molar-refractivity contribution in [1.82, 2.24) is 5.32 Å². The molecule has 0 amide bonds. The molecule has 1 aromatic carbocycles. The predicted octanol–water partition coefficient (Wildman–Crippen LogP) is 3.03. The van der Waals surface area contributed by atoms with Gasteiger partial charge in [0, 0.05) is 23.7 Å². The Morgan fingerprint density at radius 2 is 2.10 bits per heavy atom. The van der Waals surface area contributed by atoms with Gasteiger partial charge in [0.1, 0.15) is 12.4 Å². The molecule has 0 atom stereocenters. The number of nitrogens with one attached hydrogen (secondary N) is 1. The van der Waals surface area contributed by atoms with Crippen LogP contribution >= 0.6 is 24.0 Å². The predicted molar refractivity (Wildman–Crippen MR) is 85.7 cm³/mol. The fraction of sp³-hybridized carbons (Fsp3) is 0.467. The van der Waals surface area contributed by atoms with Crippen molar-refractivity contribution in [1.29, 1.82) is 0 Å². The number of ether oxygens (including phenoxy) is 1. The van der Waals surface area contributed by atoms with E-state index in [2.05, 4.69) is 11.2 Å². The monoisotopic (exact) mass is 317 g/mol. The SMILES string of the molecule is C#CCOc1ccc(Cl)cc1CNCCCCCO.Cl. The lowest BCUT2D eigenvalue weighted by Gasteiger charge is -2.11. The van der Waals surface area contributed by atoms with Crippen molar-refractivity contribution in [2.75, 3.05) is 19.8 Å². The lowest BCUT2D eigenvalue weighted by atomic mass is 10.2. The number of aliphatic hydroxyl groups excluding tert-OH is 1. The first-order chi connectivity index (χ1) is 9.27. The van der Waals surface area contributed by atoms with Gasteiger partial charge in [-0.25, -0.2) is 0 Å². The van der Waals surface area contributed by atoms with Crippen molar-refractivity contribution >= 4 is 24.0 Å². The summed E-state index contributed by atoms with van der Waals surface area (Å²) in [4.78, 5) is 0. The molecule has 0 aromatic heterocycles. The van der Waals surface area contributed by atoms with Crippen LogP contribution in [0.15, 0.2) is 18.2 Å². The van der Waals surface area contributed by atoms with Crippen molar-refractivity contribution in [2.24, 2.45) is 0 Å². The maximum absolute atomic E-state index is 8.68. The zero-order chi connectivity index (χ0) is 13.9. The Bertz CT molecular complexity index is 419. The highest BCUT2D eigenvalue weighted by Gasteiger charge is 2.04. The van der Waals surface area contributed by atoms with Crippen LogP contribution in [0.25, 0.3) is 0 Å². The molecular formula is C15H21Cl2NO2. The van der Waals surface area contributed by atoms with Crippen LogP contribution in [0.2, 0.25) is 5.02 Å². The van der Waals surface area contributed by atoms with E-state index < -0.39 is 0 Å². The Morgan fingerprint density at radius 1 is 1.30 bits per heavy atom. The van der Waals surface area contributed by atoms with E-state index in [0.717, 1.165) is 37.1 Å². The van der Waals surface area contributed by atoms with Gasteiger partial charge < -0.3 is 15.2 Å². The summed E-state index contributed by atoms with van der Waals surface area (Å²) >= 11 is 5.98. The Balaban J connectivity index is 0.00000361. The molecule has 1 rings (SSSR count). The molecule has 0 saturated carbocycles. The van der Waals surface area contributed by atoms with Crippen LogP contribution in [-0.4, -0.2) is 24.9 Å². The molecule has 0 aliphatic heterocycles. The summed E-state index contributed by atoms with van der Waals surface area (Å²) in [5.41, 5.74) is 1.00. The number of halogens is 2. The summed E-state index contributed by atoms with van der Waals surface area (Å²) in [5.74, 6) is 3.22. The van der Waals surface area contributed by atoms with E-state index in [0.29, 0.717) is 11.6 Å². The van der Waals surface area contributed by atoms with E-state index in [1.54, 1.807) is 6.07 Å². The van der Waals surface area contributed by atoms with Crippen LogP contribution < -0.4 is 10.1 Å². The van der Waals surface area contributed by atoms with Gasteiger partial charge in [0.05, 0.1) is 0 Å². The molecule has 0 fully saturated rings. The van der Waals surface area contributed by atoms with Gasteiger partial charge in [-0.15, -0.1) is 18.8 Å².